The third kappa shape index (κ3) is 4.24. The van der Waals surface area contributed by atoms with E-state index in [0.29, 0.717) is 6.54 Å². The molecule has 0 spiro atoms. The van der Waals surface area contributed by atoms with E-state index in [1.54, 1.807) is 4.90 Å². The van der Waals surface area contributed by atoms with Gasteiger partial charge in [0, 0.05) is 19.3 Å². The second-order valence-corrected chi connectivity index (χ2v) is 8.18. The molecule has 0 saturated carbocycles. The highest BCUT2D eigenvalue weighted by Gasteiger charge is 2.29. The minimum Gasteiger partial charge on any atom is -0.444 e. The van der Waals surface area contributed by atoms with Gasteiger partial charge in [0.1, 0.15) is 5.60 Å². The Morgan fingerprint density at radius 2 is 1.95 bits per heavy atom. The number of carbonyl (C=O) groups excluding carboxylic acids is 1. The standard InChI is InChI=1S/C17H29N3O2/c1-16(2,3)13-10-18-20(11-13)14-8-7-9-19(12-14)15(21)22-17(4,5)6/h10-11,14H,7-9,12H2,1-6H3/t14-/m0/s1. The van der Waals surface area contributed by atoms with E-state index in [9.17, 15) is 4.79 Å². The number of rotatable bonds is 1. The molecule has 2 heterocycles. The Morgan fingerprint density at radius 3 is 2.50 bits per heavy atom. The van der Waals surface area contributed by atoms with Crippen molar-refractivity contribution >= 4 is 6.09 Å². The SMILES string of the molecule is CC(C)(C)OC(=O)N1CCC[C@H](n2cc(C(C)(C)C)cn2)C1. The fraction of sp³-hybridized carbons (Fsp3) is 0.765. The van der Waals surface area contributed by atoms with Crippen LogP contribution in [0.15, 0.2) is 12.4 Å². The first kappa shape index (κ1) is 16.8. The largest absolute Gasteiger partial charge is 0.444 e. The predicted octanol–water partition coefficient (Wildman–Crippen LogP) is 3.75. The van der Waals surface area contributed by atoms with Crippen molar-refractivity contribution in [1.82, 2.24) is 14.7 Å². The lowest BCUT2D eigenvalue weighted by Gasteiger charge is -2.34. The summed E-state index contributed by atoms with van der Waals surface area (Å²) in [6.45, 7) is 13.7. The molecule has 1 aromatic rings. The highest BCUT2D eigenvalue weighted by molar-refractivity contribution is 5.68. The smallest absolute Gasteiger partial charge is 0.410 e. The molecule has 1 aromatic heterocycles. The molecule has 1 aliphatic rings. The maximum atomic E-state index is 12.2. The van der Waals surface area contributed by atoms with Crippen molar-refractivity contribution in [1.29, 1.82) is 0 Å². The molecule has 1 saturated heterocycles. The number of nitrogens with zero attached hydrogens (tertiary/aromatic N) is 3. The summed E-state index contributed by atoms with van der Waals surface area (Å²) < 4.78 is 7.49. The number of piperidine rings is 1. The minimum atomic E-state index is -0.449. The van der Waals surface area contributed by atoms with Gasteiger partial charge >= 0.3 is 6.09 Å². The molecule has 1 amide bonds. The van der Waals surface area contributed by atoms with Crippen molar-refractivity contribution in [2.45, 2.75) is 71.4 Å². The maximum Gasteiger partial charge on any atom is 0.410 e. The molecule has 1 fully saturated rings. The molecule has 0 aromatic carbocycles. The van der Waals surface area contributed by atoms with Gasteiger partial charge < -0.3 is 9.64 Å². The van der Waals surface area contributed by atoms with Gasteiger partial charge in [-0.15, -0.1) is 0 Å². The van der Waals surface area contributed by atoms with E-state index in [1.165, 1.54) is 5.56 Å². The van der Waals surface area contributed by atoms with Crippen molar-refractivity contribution in [2.24, 2.45) is 0 Å². The first-order valence-corrected chi connectivity index (χ1v) is 8.09. The van der Waals surface area contributed by atoms with Gasteiger partial charge in [-0.25, -0.2) is 4.79 Å². The first-order chi connectivity index (χ1) is 10.1. The molecule has 1 aliphatic heterocycles. The van der Waals surface area contributed by atoms with E-state index in [0.717, 1.165) is 19.4 Å². The molecule has 1 atom stereocenters. The first-order valence-electron chi connectivity index (χ1n) is 8.09. The van der Waals surface area contributed by atoms with Crippen molar-refractivity contribution in [3.8, 4) is 0 Å². The highest BCUT2D eigenvalue weighted by Crippen LogP contribution is 2.26. The molecule has 0 radical (unpaired) electrons. The fourth-order valence-electron chi connectivity index (χ4n) is 2.59. The zero-order valence-corrected chi connectivity index (χ0v) is 14.7. The van der Waals surface area contributed by atoms with E-state index in [2.05, 4.69) is 32.1 Å². The second-order valence-electron chi connectivity index (χ2n) is 8.18. The molecule has 0 aliphatic carbocycles. The van der Waals surface area contributed by atoms with E-state index in [-0.39, 0.29) is 17.6 Å². The Kier molecular flexibility index (Phi) is 4.54. The molecule has 5 nitrogen and oxygen atoms in total. The molecule has 124 valence electrons. The quantitative estimate of drug-likeness (QED) is 0.794. The zero-order chi connectivity index (χ0) is 16.5. The number of aromatic nitrogens is 2. The lowest BCUT2D eigenvalue weighted by Crippen LogP contribution is -2.43. The zero-order valence-electron chi connectivity index (χ0n) is 14.7. The van der Waals surface area contributed by atoms with Gasteiger partial charge in [0.05, 0.1) is 12.2 Å². The minimum absolute atomic E-state index is 0.0950. The van der Waals surface area contributed by atoms with Gasteiger partial charge in [-0.05, 0) is 44.6 Å². The molecule has 0 bridgehead atoms. The summed E-state index contributed by atoms with van der Waals surface area (Å²) in [4.78, 5) is 14.0. The predicted molar refractivity (Wildman–Crippen MR) is 87.0 cm³/mol. The molecule has 22 heavy (non-hydrogen) atoms. The number of hydrogen-bond donors (Lipinski definition) is 0. The Balaban J connectivity index is 2.04. The number of likely N-dealkylation sites (tertiary alicyclic amines) is 1. The number of carbonyl (C=O) groups is 1. The van der Waals surface area contributed by atoms with Crippen molar-refractivity contribution in [3.63, 3.8) is 0 Å². The van der Waals surface area contributed by atoms with Gasteiger partial charge in [-0.1, -0.05) is 20.8 Å². The van der Waals surface area contributed by atoms with Crippen LogP contribution in [-0.2, 0) is 10.2 Å². The summed E-state index contributed by atoms with van der Waals surface area (Å²) in [5.41, 5.74) is 0.870. The second kappa shape index (κ2) is 5.94. The maximum absolute atomic E-state index is 12.2. The van der Waals surface area contributed by atoms with E-state index < -0.39 is 5.60 Å². The van der Waals surface area contributed by atoms with Crippen LogP contribution in [0.25, 0.3) is 0 Å². The molecular weight excluding hydrogens is 278 g/mol. The third-order valence-electron chi connectivity index (χ3n) is 3.89. The summed E-state index contributed by atoms with van der Waals surface area (Å²) in [5.74, 6) is 0. The lowest BCUT2D eigenvalue weighted by molar-refractivity contribution is 0.0167. The van der Waals surface area contributed by atoms with Crippen LogP contribution in [-0.4, -0.2) is 39.5 Å². The Labute approximate surface area is 133 Å². The van der Waals surface area contributed by atoms with Gasteiger partial charge in [0.15, 0.2) is 0 Å². The van der Waals surface area contributed by atoms with Crippen LogP contribution in [0, 0.1) is 0 Å². The average molecular weight is 307 g/mol. The van der Waals surface area contributed by atoms with E-state index >= 15 is 0 Å². The summed E-state index contributed by atoms with van der Waals surface area (Å²) in [7, 11) is 0. The van der Waals surface area contributed by atoms with Gasteiger partial charge in [-0.3, -0.25) is 4.68 Å². The van der Waals surface area contributed by atoms with Gasteiger partial charge in [0.2, 0.25) is 0 Å². The molecule has 5 heteroatoms. The highest BCUT2D eigenvalue weighted by atomic mass is 16.6. The van der Waals surface area contributed by atoms with Crippen LogP contribution in [0.4, 0.5) is 4.79 Å². The van der Waals surface area contributed by atoms with Gasteiger partial charge in [0.25, 0.3) is 0 Å². The van der Waals surface area contributed by atoms with E-state index in [4.69, 9.17) is 4.74 Å². The molecule has 0 N–H and O–H groups in total. The number of ether oxygens (including phenoxy) is 1. The number of hydrogen-bond acceptors (Lipinski definition) is 3. The monoisotopic (exact) mass is 307 g/mol. The molecule has 0 unspecified atom stereocenters. The van der Waals surface area contributed by atoms with Crippen LogP contribution in [0.3, 0.4) is 0 Å². The average Bonchev–Trinajstić information content (AvgIpc) is 2.86. The van der Waals surface area contributed by atoms with Crippen LogP contribution in [0.2, 0.25) is 0 Å². The summed E-state index contributed by atoms with van der Waals surface area (Å²) >= 11 is 0. The number of amides is 1. The van der Waals surface area contributed by atoms with Crippen LogP contribution in [0.1, 0.15) is 66.0 Å². The Hall–Kier alpha value is -1.52. The van der Waals surface area contributed by atoms with Crippen LogP contribution < -0.4 is 0 Å². The van der Waals surface area contributed by atoms with Crippen LogP contribution >= 0.6 is 0 Å². The van der Waals surface area contributed by atoms with Crippen molar-refractivity contribution < 1.29 is 9.53 Å². The van der Waals surface area contributed by atoms with Gasteiger partial charge in [-0.2, -0.15) is 5.10 Å². The molecular formula is C17H29N3O2. The summed E-state index contributed by atoms with van der Waals surface area (Å²) in [5, 5.41) is 4.51. The fourth-order valence-corrected chi connectivity index (χ4v) is 2.59. The lowest BCUT2D eigenvalue weighted by atomic mass is 9.90. The van der Waals surface area contributed by atoms with E-state index in [1.807, 2.05) is 31.6 Å². The molecule has 2 rings (SSSR count). The normalized spacial score (nSPS) is 20.1. The topological polar surface area (TPSA) is 47.4 Å². The van der Waals surface area contributed by atoms with Crippen molar-refractivity contribution in [2.75, 3.05) is 13.1 Å². The Morgan fingerprint density at radius 1 is 1.27 bits per heavy atom. The summed E-state index contributed by atoms with van der Waals surface area (Å²) in [6, 6.07) is 0.234. The third-order valence-corrected chi connectivity index (χ3v) is 3.89. The summed E-state index contributed by atoms with van der Waals surface area (Å²) in [6.07, 6.45) is 5.86. The van der Waals surface area contributed by atoms with Crippen LogP contribution in [0.5, 0.6) is 0 Å². The Bertz CT molecular complexity index is 523. The van der Waals surface area contributed by atoms with Crippen molar-refractivity contribution in [3.05, 3.63) is 18.0 Å².